The lowest BCUT2D eigenvalue weighted by molar-refractivity contribution is 0.413. The van der Waals surface area contributed by atoms with Crippen molar-refractivity contribution in [1.29, 1.82) is 0 Å². The summed E-state index contributed by atoms with van der Waals surface area (Å²) in [6, 6.07) is 14.1. The minimum atomic E-state index is 0.0463. The normalized spacial score (nSPS) is 12.2. The third kappa shape index (κ3) is 4.22. The molecule has 0 aromatic heterocycles. The van der Waals surface area contributed by atoms with Gasteiger partial charge in [-0.05, 0) is 54.4 Å². The van der Waals surface area contributed by atoms with Gasteiger partial charge in [0.15, 0.2) is 0 Å². The van der Waals surface area contributed by atoms with Gasteiger partial charge in [-0.3, -0.25) is 0 Å². The van der Waals surface area contributed by atoms with E-state index in [1.165, 1.54) is 0 Å². The third-order valence-corrected chi connectivity index (χ3v) is 4.13. The Morgan fingerprint density at radius 1 is 1.24 bits per heavy atom. The molecule has 0 fully saturated rings. The summed E-state index contributed by atoms with van der Waals surface area (Å²) in [6.07, 6.45) is 1.06. The number of benzene rings is 2. The molecule has 0 saturated carbocycles. The van der Waals surface area contributed by atoms with Crippen LogP contribution in [0.2, 0.25) is 5.02 Å². The van der Waals surface area contributed by atoms with Crippen LogP contribution in [0.25, 0.3) is 0 Å². The molecule has 2 nitrogen and oxygen atoms in total. The van der Waals surface area contributed by atoms with Gasteiger partial charge >= 0.3 is 0 Å². The van der Waals surface area contributed by atoms with Crippen molar-refractivity contribution < 1.29 is 4.74 Å². The average Bonchev–Trinajstić information content (AvgIpc) is 2.51. The smallest absolute Gasteiger partial charge is 0.119 e. The molecule has 0 heterocycles. The molecule has 0 aliphatic heterocycles. The Hall–Kier alpha value is -1.03. The quantitative estimate of drug-likeness (QED) is 0.756. The largest absolute Gasteiger partial charge is 0.497 e. The van der Waals surface area contributed by atoms with Gasteiger partial charge in [-0.2, -0.15) is 0 Å². The first kappa shape index (κ1) is 16.3. The van der Waals surface area contributed by atoms with Gasteiger partial charge in [0.1, 0.15) is 5.75 Å². The Bertz CT molecular complexity index is 603. The molecule has 0 radical (unpaired) electrons. The zero-order valence-corrected chi connectivity index (χ0v) is 14.5. The minimum absolute atomic E-state index is 0.0463. The summed E-state index contributed by atoms with van der Waals surface area (Å²) in [6.45, 7) is 3.07. The molecule has 0 amide bonds. The molecule has 0 spiro atoms. The number of halogens is 2. The van der Waals surface area contributed by atoms with E-state index in [1.807, 2.05) is 30.3 Å². The monoisotopic (exact) mass is 367 g/mol. The Labute approximate surface area is 139 Å². The second kappa shape index (κ2) is 7.83. The van der Waals surface area contributed by atoms with Crippen LogP contribution in [0, 0.1) is 0 Å². The van der Waals surface area contributed by atoms with Crippen LogP contribution in [0.5, 0.6) is 5.75 Å². The van der Waals surface area contributed by atoms with E-state index in [1.54, 1.807) is 7.11 Å². The summed E-state index contributed by atoms with van der Waals surface area (Å²) in [5, 5.41) is 4.32. The van der Waals surface area contributed by atoms with Gasteiger partial charge in [0.25, 0.3) is 0 Å². The first-order valence-corrected chi connectivity index (χ1v) is 8.15. The van der Waals surface area contributed by atoms with Gasteiger partial charge in [0.2, 0.25) is 0 Å². The van der Waals surface area contributed by atoms with Crippen molar-refractivity contribution in [3.05, 3.63) is 63.1 Å². The summed E-state index contributed by atoms with van der Waals surface area (Å²) in [5.74, 6) is 0.849. The second-order valence-corrected chi connectivity index (χ2v) is 6.15. The standard InChI is InChI=1S/C17H19BrClNO/c1-3-9-20-17(12-5-4-6-14(10-12)21-2)15-11-13(18)7-8-16(15)19/h4-8,10-11,17,20H,3,9H2,1-2H3. The van der Waals surface area contributed by atoms with E-state index in [4.69, 9.17) is 16.3 Å². The molecule has 2 aromatic carbocycles. The summed E-state index contributed by atoms with van der Waals surface area (Å²) in [4.78, 5) is 0. The third-order valence-electron chi connectivity index (χ3n) is 3.29. The van der Waals surface area contributed by atoms with Gasteiger partial charge in [0.05, 0.1) is 13.2 Å². The van der Waals surface area contributed by atoms with E-state index in [-0.39, 0.29) is 6.04 Å². The highest BCUT2D eigenvalue weighted by Crippen LogP contribution is 2.32. The van der Waals surface area contributed by atoms with Crippen molar-refractivity contribution in [3.8, 4) is 5.75 Å². The maximum absolute atomic E-state index is 6.40. The van der Waals surface area contributed by atoms with Gasteiger partial charge in [0, 0.05) is 9.50 Å². The maximum Gasteiger partial charge on any atom is 0.119 e. The van der Waals surface area contributed by atoms with Gasteiger partial charge in [-0.15, -0.1) is 0 Å². The molecular formula is C17H19BrClNO. The van der Waals surface area contributed by atoms with Gasteiger partial charge in [-0.1, -0.05) is 46.6 Å². The molecule has 112 valence electrons. The van der Waals surface area contributed by atoms with E-state index in [0.717, 1.165) is 39.3 Å². The van der Waals surface area contributed by atoms with Crippen LogP contribution in [-0.2, 0) is 0 Å². The molecule has 0 bridgehead atoms. The summed E-state index contributed by atoms with van der Waals surface area (Å²) >= 11 is 9.92. The predicted molar refractivity (Wildman–Crippen MR) is 92.3 cm³/mol. The molecule has 4 heteroatoms. The van der Waals surface area contributed by atoms with Gasteiger partial charge < -0.3 is 10.1 Å². The van der Waals surface area contributed by atoms with Crippen LogP contribution in [0.3, 0.4) is 0 Å². The number of ether oxygens (including phenoxy) is 1. The molecule has 1 unspecified atom stereocenters. The molecule has 0 aliphatic carbocycles. The lowest BCUT2D eigenvalue weighted by Gasteiger charge is -2.21. The minimum Gasteiger partial charge on any atom is -0.497 e. The van der Waals surface area contributed by atoms with E-state index in [2.05, 4.69) is 40.3 Å². The maximum atomic E-state index is 6.40. The lowest BCUT2D eigenvalue weighted by Crippen LogP contribution is -2.23. The van der Waals surface area contributed by atoms with Crippen LogP contribution in [0.4, 0.5) is 0 Å². The first-order chi connectivity index (χ1) is 10.2. The first-order valence-electron chi connectivity index (χ1n) is 6.98. The highest BCUT2D eigenvalue weighted by molar-refractivity contribution is 9.10. The van der Waals surface area contributed by atoms with Crippen molar-refractivity contribution in [3.63, 3.8) is 0 Å². The zero-order valence-electron chi connectivity index (χ0n) is 12.2. The molecule has 2 rings (SSSR count). The van der Waals surface area contributed by atoms with E-state index < -0.39 is 0 Å². The highest BCUT2D eigenvalue weighted by Gasteiger charge is 2.17. The number of hydrogen-bond acceptors (Lipinski definition) is 2. The molecule has 1 N–H and O–H groups in total. The number of rotatable bonds is 6. The van der Waals surface area contributed by atoms with Crippen LogP contribution in [0.15, 0.2) is 46.9 Å². The summed E-state index contributed by atoms with van der Waals surface area (Å²) < 4.78 is 6.35. The topological polar surface area (TPSA) is 21.3 Å². The van der Waals surface area contributed by atoms with Crippen LogP contribution < -0.4 is 10.1 Å². The fourth-order valence-electron chi connectivity index (χ4n) is 2.25. The summed E-state index contributed by atoms with van der Waals surface area (Å²) in [7, 11) is 1.68. The Kier molecular flexibility index (Phi) is 6.09. The van der Waals surface area contributed by atoms with Crippen molar-refractivity contribution in [2.24, 2.45) is 0 Å². The second-order valence-electron chi connectivity index (χ2n) is 4.83. The molecule has 1 atom stereocenters. The number of hydrogen-bond donors (Lipinski definition) is 1. The van der Waals surface area contributed by atoms with Crippen molar-refractivity contribution in [2.45, 2.75) is 19.4 Å². The van der Waals surface area contributed by atoms with Crippen molar-refractivity contribution >= 4 is 27.5 Å². The zero-order chi connectivity index (χ0) is 15.2. The van der Waals surface area contributed by atoms with Crippen molar-refractivity contribution in [1.82, 2.24) is 5.32 Å². The molecule has 2 aromatic rings. The fourth-order valence-corrected chi connectivity index (χ4v) is 2.86. The Morgan fingerprint density at radius 2 is 2.05 bits per heavy atom. The van der Waals surface area contributed by atoms with E-state index >= 15 is 0 Å². The Balaban J connectivity index is 2.44. The number of nitrogens with one attached hydrogen (secondary N) is 1. The number of methoxy groups -OCH3 is 1. The summed E-state index contributed by atoms with van der Waals surface area (Å²) in [5.41, 5.74) is 2.20. The van der Waals surface area contributed by atoms with Crippen LogP contribution in [0.1, 0.15) is 30.5 Å². The van der Waals surface area contributed by atoms with Crippen LogP contribution in [-0.4, -0.2) is 13.7 Å². The molecule has 0 aliphatic rings. The van der Waals surface area contributed by atoms with E-state index in [9.17, 15) is 0 Å². The predicted octanol–water partition coefficient (Wildman–Crippen LogP) is 5.20. The SMILES string of the molecule is CCCNC(c1cccc(OC)c1)c1cc(Br)ccc1Cl. The molecular weight excluding hydrogens is 350 g/mol. The Morgan fingerprint density at radius 3 is 2.76 bits per heavy atom. The van der Waals surface area contributed by atoms with Gasteiger partial charge in [-0.25, -0.2) is 0 Å². The van der Waals surface area contributed by atoms with Crippen LogP contribution >= 0.6 is 27.5 Å². The van der Waals surface area contributed by atoms with Crippen molar-refractivity contribution in [2.75, 3.05) is 13.7 Å². The lowest BCUT2D eigenvalue weighted by atomic mass is 9.98. The highest BCUT2D eigenvalue weighted by atomic mass is 79.9. The molecule has 21 heavy (non-hydrogen) atoms. The fraction of sp³-hybridized carbons (Fsp3) is 0.294. The molecule has 0 saturated heterocycles. The van der Waals surface area contributed by atoms with E-state index in [0.29, 0.717) is 0 Å². The average molecular weight is 369 g/mol.